The number of amides is 1. The van der Waals surface area contributed by atoms with Crippen LogP contribution in [0.2, 0.25) is 18.1 Å². The number of benzene rings is 1. The zero-order valence-corrected chi connectivity index (χ0v) is 24.5. The zero-order valence-electron chi connectivity index (χ0n) is 23.5. The lowest BCUT2D eigenvalue weighted by Gasteiger charge is -2.36. The van der Waals surface area contributed by atoms with Gasteiger partial charge < -0.3 is 28.8 Å². The van der Waals surface area contributed by atoms with Gasteiger partial charge in [0.2, 0.25) is 5.88 Å². The van der Waals surface area contributed by atoms with Crippen molar-refractivity contribution in [1.29, 1.82) is 0 Å². The average Bonchev–Trinajstić information content (AvgIpc) is 3.50. The number of fused-ring (bicyclic) bond motifs is 1. The van der Waals surface area contributed by atoms with Crippen molar-refractivity contribution in [3.63, 3.8) is 0 Å². The lowest BCUT2D eigenvalue weighted by Crippen LogP contribution is -2.43. The molecule has 0 bridgehead atoms. The summed E-state index contributed by atoms with van der Waals surface area (Å²) in [4.78, 5) is 32.4. The Balaban J connectivity index is 1.20. The molecule has 0 unspecified atom stereocenters. The Kier molecular flexibility index (Phi) is 7.46. The number of carbonyl (C=O) groups excluding carboxylic acids is 1. The number of nitro groups is 1. The van der Waals surface area contributed by atoms with E-state index in [2.05, 4.69) is 43.8 Å². The minimum atomic E-state index is -2.00. The SMILES string of the molecule is CC(C)(C)[Si](C)(C)OC[C@H]1CN(c2ccc(-c3ccc(O[C@@H]4COc5nc([N+](=O)[O-])cn5C4)nc3)c(F)c2)C(=O)O1. The number of aromatic nitrogens is 3. The molecule has 0 saturated carbocycles. The Morgan fingerprint density at radius 1 is 1.22 bits per heavy atom. The van der Waals surface area contributed by atoms with Crippen LogP contribution in [0.15, 0.2) is 42.7 Å². The van der Waals surface area contributed by atoms with Crippen LogP contribution in [0.25, 0.3) is 11.1 Å². The minimum absolute atomic E-state index is 0.0353. The molecule has 2 aliphatic rings. The van der Waals surface area contributed by atoms with Gasteiger partial charge in [-0.3, -0.25) is 9.47 Å². The van der Waals surface area contributed by atoms with E-state index in [0.717, 1.165) is 0 Å². The molecule has 0 aliphatic carbocycles. The molecule has 41 heavy (non-hydrogen) atoms. The number of anilines is 1. The maximum atomic E-state index is 15.2. The molecule has 5 rings (SSSR count). The van der Waals surface area contributed by atoms with Crippen molar-refractivity contribution in [2.45, 2.75) is 57.7 Å². The molecule has 2 aromatic heterocycles. The highest BCUT2D eigenvalue weighted by Gasteiger charge is 2.40. The number of hydrogen-bond acceptors (Lipinski definition) is 9. The molecule has 4 heterocycles. The molecule has 1 fully saturated rings. The molecule has 1 aromatic carbocycles. The van der Waals surface area contributed by atoms with Crippen molar-refractivity contribution < 1.29 is 32.7 Å². The zero-order chi connectivity index (χ0) is 29.5. The molecule has 0 spiro atoms. The minimum Gasteiger partial charge on any atom is -0.469 e. The summed E-state index contributed by atoms with van der Waals surface area (Å²) in [7, 11) is -2.00. The van der Waals surface area contributed by atoms with Crippen molar-refractivity contribution in [3.8, 4) is 23.0 Å². The Bertz CT molecular complexity index is 1460. The highest BCUT2D eigenvalue weighted by molar-refractivity contribution is 6.74. The predicted molar refractivity (Wildman–Crippen MR) is 149 cm³/mol. The maximum absolute atomic E-state index is 15.2. The number of pyridine rings is 1. The first kappa shape index (κ1) is 28.5. The molecule has 2 atom stereocenters. The van der Waals surface area contributed by atoms with Crippen LogP contribution < -0.4 is 14.4 Å². The quantitative estimate of drug-likeness (QED) is 0.199. The van der Waals surface area contributed by atoms with Gasteiger partial charge in [0.1, 0.15) is 24.7 Å². The standard InChI is InChI=1S/C27H32FN5O7Si/c1-27(2,3)41(4,5)38-16-20-13-32(26(34)40-20)18-7-8-21(22(28)10-18)17-6-9-24(29-11-17)39-19-12-31-14-23(33(35)36)30-25(31)37-15-19/h6-11,14,19-20H,12-13,15-16H2,1-5H3/t19-,20+/m0/s1. The van der Waals surface area contributed by atoms with E-state index in [9.17, 15) is 14.9 Å². The van der Waals surface area contributed by atoms with Crippen molar-refractivity contribution >= 4 is 25.9 Å². The van der Waals surface area contributed by atoms with Gasteiger partial charge in [0.25, 0.3) is 0 Å². The fraction of sp³-hybridized carbons (Fsp3) is 0.444. The summed E-state index contributed by atoms with van der Waals surface area (Å²) in [6, 6.07) is 8.02. The van der Waals surface area contributed by atoms with Gasteiger partial charge in [-0.25, -0.2) is 14.2 Å². The summed E-state index contributed by atoms with van der Waals surface area (Å²) >= 11 is 0. The van der Waals surface area contributed by atoms with Crippen LogP contribution >= 0.6 is 0 Å². The van der Waals surface area contributed by atoms with Gasteiger partial charge in [0, 0.05) is 28.4 Å². The molecule has 3 aromatic rings. The maximum Gasteiger partial charge on any atom is 0.414 e. The third kappa shape index (κ3) is 6.02. The van der Waals surface area contributed by atoms with Gasteiger partial charge in [-0.15, -0.1) is 0 Å². The van der Waals surface area contributed by atoms with Crippen molar-refractivity contribution in [2.75, 3.05) is 24.7 Å². The topological polar surface area (TPSA) is 131 Å². The summed E-state index contributed by atoms with van der Waals surface area (Å²) in [5.41, 5.74) is 1.24. The largest absolute Gasteiger partial charge is 0.469 e. The molecule has 1 saturated heterocycles. The second-order valence-corrected chi connectivity index (χ2v) is 16.4. The number of cyclic esters (lactones) is 1. The molecule has 0 radical (unpaired) electrons. The summed E-state index contributed by atoms with van der Waals surface area (Å²) in [5, 5.41) is 11.0. The predicted octanol–water partition coefficient (Wildman–Crippen LogP) is 5.18. The van der Waals surface area contributed by atoms with E-state index < -0.39 is 37.4 Å². The summed E-state index contributed by atoms with van der Waals surface area (Å²) < 4.78 is 39.7. The van der Waals surface area contributed by atoms with Gasteiger partial charge in [-0.1, -0.05) is 20.8 Å². The van der Waals surface area contributed by atoms with Crippen LogP contribution in [0.4, 0.5) is 20.7 Å². The van der Waals surface area contributed by atoms with E-state index in [0.29, 0.717) is 35.8 Å². The van der Waals surface area contributed by atoms with Crippen molar-refractivity contribution in [3.05, 3.63) is 58.7 Å². The number of hydrogen-bond donors (Lipinski definition) is 0. The van der Waals surface area contributed by atoms with Crippen LogP contribution in [0.5, 0.6) is 11.9 Å². The fourth-order valence-electron chi connectivity index (χ4n) is 4.25. The smallest absolute Gasteiger partial charge is 0.414 e. The third-order valence-electron chi connectivity index (χ3n) is 7.62. The molecule has 2 aliphatic heterocycles. The summed E-state index contributed by atoms with van der Waals surface area (Å²) in [6.45, 7) is 11.7. The van der Waals surface area contributed by atoms with Gasteiger partial charge in [-0.2, -0.15) is 0 Å². The van der Waals surface area contributed by atoms with Crippen molar-refractivity contribution in [1.82, 2.24) is 14.5 Å². The Labute approximate surface area is 237 Å². The van der Waals surface area contributed by atoms with Gasteiger partial charge in [-0.05, 0) is 47.3 Å². The van der Waals surface area contributed by atoms with Crippen LogP contribution in [0.3, 0.4) is 0 Å². The van der Waals surface area contributed by atoms with Crippen LogP contribution in [-0.4, -0.2) is 65.8 Å². The molecule has 218 valence electrons. The van der Waals surface area contributed by atoms with E-state index >= 15 is 4.39 Å². The average molecular weight is 586 g/mol. The second kappa shape index (κ2) is 10.7. The van der Waals surface area contributed by atoms with E-state index in [1.807, 2.05) is 0 Å². The number of carbonyl (C=O) groups is 1. The second-order valence-electron chi connectivity index (χ2n) is 11.6. The number of halogens is 1. The lowest BCUT2D eigenvalue weighted by molar-refractivity contribution is -0.389. The van der Waals surface area contributed by atoms with E-state index in [-0.39, 0.29) is 30.0 Å². The lowest BCUT2D eigenvalue weighted by atomic mass is 10.1. The first-order valence-corrected chi connectivity index (χ1v) is 16.1. The Morgan fingerprint density at radius 2 is 2.00 bits per heavy atom. The Morgan fingerprint density at radius 3 is 2.66 bits per heavy atom. The first-order valence-electron chi connectivity index (χ1n) is 13.2. The van der Waals surface area contributed by atoms with Crippen LogP contribution in [0, 0.1) is 15.9 Å². The fourth-order valence-corrected chi connectivity index (χ4v) is 5.29. The molecular formula is C27H32FN5O7Si. The molecule has 12 nitrogen and oxygen atoms in total. The van der Waals surface area contributed by atoms with Crippen LogP contribution in [0.1, 0.15) is 20.8 Å². The summed E-state index contributed by atoms with van der Waals surface area (Å²) in [6.07, 6.45) is 1.37. The molecular weight excluding hydrogens is 553 g/mol. The van der Waals surface area contributed by atoms with E-state index in [4.69, 9.17) is 18.6 Å². The van der Waals surface area contributed by atoms with Gasteiger partial charge >= 0.3 is 17.9 Å². The molecule has 1 amide bonds. The number of rotatable bonds is 8. The molecule has 14 heteroatoms. The first-order chi connectivity index (χ1) is 19.3. The van der Waals surface area contributed by atoms with E-state index in [1.54, 1.807) is 24.3 Å². The highest BCUT2D eigenvalue weighted by Crippen LogP contribution is 2.37. The number of ether oxygens (including phenoxy) is 3. The molecule has 0 N–H and O–H groups in total. The van der Waals surface area contributed by atoms with Gasteiger partial charge in [0.05, 0.1) is 25.4 Å². The summed E-state index contributed by atoms with van der Waals surface area (Å²) in [5.74, 6) is -0.516. The normalized spacial score (nSPS) is 19.0. The van der Waals surface area contributed by atoms with Crippen molar-refractivity contribution in [2.24, 2.45) is 0 Å². The number of imidazole rings is 1. The third-order valence-corrected chi connectivity index (χ3v) is 12.1. The number of nitrogens with zero attached hydrogens (tertiary/aromatic N) is 5. The van der Waals surface area contributed by atoms with Crippen LogP contribution in [-0.2, 0) is 15.7 Å². The van der Waals surface area contributed by atoms with E-state index in [1.165, 1.54) is 27.9 Å². The Hall–Kier alpha value is -4.04. The monoisotopic (exact) mass is 585 g/mol. The van der Waals surface area contributed by atoms with Gasteiger partial charge in [0.15, 0.2) is 14.4 Å². The highest BCUT2D eigenvalue weighted by atomic mass is 28.4.